The summed E-state index contributed by atoms with van der Waals surface area (Å²) < 4.78 is 0. The molecule has 5 heteroatoms. The molecule has 0 spiro atoms. The van der Waals surface area contributed by atoms with E-state index in [-0.39, 0.29) is 24.8 Å². The van der Waals surface area contributed by atoms with Crippen LogP contribution in [0.2, 0.25) is 0 Å². The number of aliphatic hydroxyl groups excluding tert-OH is 1. The lowest BCUT2D eigenvalue weighted by Gasteiger charge is -2.31. The third-order valence-electron chi connectivity index (χ3n) is 2.60. The van der Waals surface area contributed by atoms with E-state index in [1.807, 2.05) is 0 Å². The van der Waals surface area contributed by atoms with Crippen LogP contribution < -0.4 is 5.32 Å². The average molecular weight is 245 g/mol. The Morgan fingerprint density at radius 3 is 2.36 bits per heavy atom. The Bertz CT molecular complexity index is 121. The van der Waals surface area contributed by atoms with Gasteiger partial charge in [-0.1, -0.05) is 0 Å². The molecule has 0 bridgehead atoms. The lowest BCUT2D eigenvalue weighted by Crippen LogP contribution is -2.41. The molecule has 0 aliphatic carbocycles. The molecular formula is C9H22Cl2N2O. The number of piperidine rings is 1. The van der Waals surface area contributed by atoms with Gasteiger partial charge in [-0.15, -0.1) is 24.8 Å². The Kier molecular flexibility index (Phi) is 12.0. The summed E-state index contributed by atoms with van der Waals surface area (Å²) in [5.74, 6) is 0. The zero-order valence-electron chi connectivity index (χ0n) is 8.74. The van der Waals surface area contributed by atoms with Gasteiger partial charge < -0.3 is 15.3 Å². The van der Waals surface area contributed by atoms with Gasteiger partial charge in [-0.25, -0.2) is 0 Å². The third-order valence-corrected chi connectivity index (χ3v) is 2.60. The molecule has 14 heavy (non-hydrogen) atoms. The van der Waals surface area contributed by atoms with E-state index in [1.165, 1.54) is 12.8 Å². The van der Waals surface area contributed by atoms with Crippen molar-refractivity contribution in [1.82, 2.24) is 10.2 Å². The number of halogens is 2. The molecule has 2 N–H and O–H groups in total. The molecule has 0 saturated carbocycles. The monoisotopic (exact) mass is 244 g/mol. The van der Waals surface area contributed by atoms with Gasteiger partial charge in [0.25, 0.3) is 0 Å². The highest BCUT2D eigenvalue weighted by molar-refractivity contribution is 5.85. The highest BCUT2D eigenvalue weighted by atomic mass is 35.5. The Labute approximate surface area is 99.1 Å². The minimum Gasteiger partial charge on any atom is -0.396 e. The lowest BCUT2D eigenvalue weighted by molar-refractivity contribution is 0.178. The number of nitrogens with one attached hydrogen (secondary N) is 1. The normalized spacial score (nSPS) is 17.4. The Morgan fingerprint density at radius 2 is 1.86 bits per heavy atom. The molecule has 0 unspecified atom stereocenters. The molecule has 1 aliphatic heterocycles. The predicted octanol–water partition coefficient (Wildman–Crippen LogP) is 0.896. The van der Waals surface area contributed by atoms with Crippen molar-refractivity contribution >= 4 is 24.8 Å². The molecule has 0 atom stereocenters. The van der Waals surface area contributed by atoms with Crippen LogP contribution in [0.25, 0.3) is 0 Å². The van der Waals surface area contributed by atoms with Crippen molar-refractivity contribution in [3.8, 4) is 0 Å². The first-order valence-electron chi connectivity index (χ1n) is 4.86. The van der Waals surface area contributed by atoms with Gasteiger partial charge in [0.2, 0.25) is 0 Å². The summed E-state index contributed by atoms with van der Waals surface area (Å²) in [6.45, 7) is 3.64. The molecule has 1 rings (SSSR count). The first-order valence-corrected chi connectivity index (χ1v) is 4.86. The van der Waals surface area contributed by atoms with Crippen LogP contribution in [0.5, 0.6) is 0 Å². The van der Waals surface area contributed by atoms with Crippen LogP contribution in [0.1, 0.15) is 19.3 Å². The van der Waals surface area contributed by atoms with Gasteiger partial charge in [-0.05, 0) is 39.4 Å². The SMILES string of the molecule is CN(CCCO)C1CCNCC1.Cl.Cl. The van der Waals surface area contributed by atoms with E-state index in [0.29, 0.717) is 6.61 Å². The summed E-state index contributed by atoms with van der Waals surface area (Å²) in [6, 6.07) is 0.734. The van der Waals surface area contributed by atoms with Crippen LogP contribution in [0.4, 0.5) is 0 Å². The maximum absolute atomic E-state index is 8.67. The summed E-state index contributed by atoms with van der Waals surface area (Å²) in [6.07, 6.45) is 3.41. The predicted molar refractivity (Wildman–Crippen MR) is 64.7 cm³/mol. The Hall–Kier alpha value is 0.460. The summed E-state index contributed by atoms with van der Waals surface area (Å²) in [4.78, 5) is 2.37. The maximum atomic E-state index is 8.67. The molecule has 1 aliphatic rings. The zero-order valence-corrected chi connectivity index (χ0v) is 10.4. The standard InChI is InChI=1S/C9H20N2O.2ClH/c1-11(7-2-8-12)9-3-5-10-6-4-9;;/h9-10,12H,2-8H2,1H3;2*1H. The summed E-state index contributed by atoms with van der Waals surface area (Å²) in [7, 11) is 2.16. The minimum absolute atomic E-state index is 0. The van der Waals surface area contributed by atoms with E-state index in [4.69, 9.17) is 5.11 Å². The molecule has 0 aromatic rings. The van der Waals surface area contributed by atoms with Crippen LogP contribution >= 0.6 is 24.8 Å². The van der Waals surface area contributed by atoms with Crippen molar-refractivity contribution in [3.05, 3.63) is 0 Å². The molecule has 0 amide bonds. The van der Waals surface area contributed by atoms with Gasteiger partial charge in [-0.2, -0.15) is 0 Å². The fourth-order valence-electron chi connectivity index (χ4n) is 1.75. The first-order chi connectivity index (χ1) is 5.84. The smallest absolute Gasteiger partial charge is 0.0443 e. The van der Waals surface area contributed by atoms with Crippen LogP contribution in [-0.2, 0) is 0 Å². The van der Waals surface area contributed by atoms with Crippen molar-refractivity contribution in [3.63, 3.8) is 0 Å². The van der Waals surface area contributed by atoms with E-state index in [1.54, 1.807) is 0 Å². The minimum atomic E-state index is 0. The Balaban J connectivity index is 0. The van der Waals surface area contributed by atoms with Gasteiger partial charge in [-0.3, -0.25) is 0 Å². The van der Waals surface area contributed by atoms with Crippen molar-refractivity contribution in [2.75, 3.05) is 33.3 Å². The fraction of sp³-hybridized carbons (Fsp3) is 1.00. The van der Waals surface area contributed by atoms with E-state index in [0.717, 1.165) is 32.1 Å². The van der Waals surface area contributed by atoms with Crippen LogP contribution in [-0.4, -0.2) is 49.3 Å². The molecule has 88 valence electrons. The van der Waals surface area contributed by atoms with Gasteiger partial charge in [0.1, 0.15) is 0 Å². The van der Waals surface area contributed by atoms with Gasteiger partial charge in [0, 0.05) is 19.2 Å². The molecule has 0 aromatic carbocycles. The van der Waals surface area contributed by atoms with E-state index in [9.17, 15) is 0 Å². The summed E-state index contributed by atoms with van der Waals surface area (Å²) in [5, 5.41) is 12.0. The second-order valence-electron chi connectivity index (χ2n) is 3.54. The van der Waals surface area contributed by atoms with Crippen molar-refractivity contribution in [2.24, 2.45) is 0 Å². The lowest BCUT2D eigenvalue weighted by atomic mass is 10.1. The highest BCUT2D eigenvalue weighted by Crippen LogP contribution is 2.09. The number of nitrogens with zero attached hydrogens (tertiary/aromatic N) is 1. The number of hydrogen-bond acceptors (Lipinski definition) is 3. The summed E-state index contributed by atoms with van der Waals surface area (Å²) in [5.41, 5.74) is 0. The largest absolute Gasteiger partial charge is 0.396 e. The maximum Gasteiger partial charge on any atom is 0.0443 e. The molecule has 0 aromatic heterocycles. The molecule has 1 fully saturated rings. The number of rotatable bonds is 4. The molecule has 1 saturated heterocycles. The third kappa shape index (κ3) is 6.04. The van der Waals surface area contributed by atoms with E-state index in [2.05, 4.69) is 17.3 Å². The van der Waals surface area contributed by atoms with Crippen molar-refractivity contribution in [2.45, 2.75) is 25.3 Å². The zero-order chi connectivity index (χ0) is 8.81. The number of hydrogen-bond donors (Lipinski definition) is 2. The molecule has 1 heterocycles. The topological polar surface area (TPSA) is 35.5 Å². The average Bonchev–Trinajstić information content (AvgIpc) is 2.15. The quantitative estimate of drug-likeness (QED) is 0.772. The van der Waals surface area contributed by atoms with Crippen LogP contribution in [0.15, 0.2) is 0 Å². The van der Waals surface area contributed by atoms with Crippen molar-refractivity contribution in [1.29, 1.82) is 0 Å². The van der Waals surface area contributed by atoms with Crippen LogP contribution in [0, 0.1) is 0 Å². The molecular weight excluding hydrogens is 223 g/mol. The van der Waals surface area contributed by atoms with Crippen molar-refractivity contribution < 1.29 is 5.11 Å². The highest BCUT2D eigenvalue weighted by Gasteiger charge is 2.16. The van der Waals surface area contributed by atoms with Gasteiger partial charge in [0.05, 0.1) is 0 Å². The van der Waals surface area contributed by atoms with E-state index >= 15 is 0 Å². The van der Waals surface area contributed by atoms with Crippen LogP contribution in [0.3, 0.4) is 0 Å². The molecule has 3 nitrogen and oxygen atoms in total. The van der Waals surface area contributed by atoms with Gasteiger partial charge in [0.15, 0.2) is 0 Å². The van der Waals surface area contributed by atoms with E-state index < -0.39 is 0 Å². The second-order valence-corrected chi connectivity index (χ2v) is 3.54. The van der Waals surface area contributed by atoms with Gasteiger partial charge >= 0.3 is 0 Å². The first kappa shape index (κ1) is 16.9. The fourth-order valence-corrected chi connectivity index (χ4v) is 1.75. The summed E-state index contributed by atoms with van der Waals surface area (Å²) >= 11 is 0. The second kappa shape index (κ2) is 9.99. The Morgan fingerprint density at radius 1 is 1.29 bits per heavy atom. The molecule has 0 radical (unpaired) electrons. The number of aliphatic hydroxyl groups is 1.